The molecule has 150 valence electrons. The standard InChI is InChI=1S/C20H33N5O2/c1-12(2)14-6-7-15-16(8-14)23-18(21)24-17(15)25-10-13(11-25)9-22-19(26)27-20(3,4)5/h12-14H,6-11H2,1-5H3,(H,22,26)(H2,21,23,24). The Morgan fingerprint density at radius 1 is 1.33 bits per heavy atom. The Kier molecular flexibility index (Phi) is 5.49. The van der Waals surface area contributed by atoms with Crippen LogP contribution in [0.3, 0.4) is 0 Å². The van der Waals surface area contributed by atoms with Crippen LogP contribution in [-0.2, 0) is 17.6 Å². The molecule has 0 radical (unpaired) electrons. The second-order valence-corrected chi connectivity index (χ2v) is 9.23. The Morgan fingerprint density at radius 2 is 2.04 bits per heavy atom. The summed E-state index contributed by atoms with van der Waals surface area (Å²) in [5.41, 5.74) is 7.91. The Hall–Kier alpha value is -2.05. The third kappa shape index (κ3) is 4.82. The van der Waals surface area contributed by atoms with Gasteiger partial charge in [0.2, 0.25) is 5.95 Å². The quantitative estimate of drug-likeness (QED) is 0.840. The smallest absolute Gasteiger partial charge is 0.407 e. The third-order valence-corrected chi connectivity index (χ3v) is 5.44. The minimum absolute atomic E-state index is 0.357. The number of rotatable bonds is 4. The number of alkyl carbamates (subject to hydrolysis) is 1. The van der Waals surface area contributed by atoms with E-state index in [0.717, 1.165) is 37.4 Å². The molecule has 2 aliphatic rings. The number of carbonyl (C=O) groups is 1. The first-order valence-electron chi connectivity index (χ1n) is 9.99. The maximum atomic E-state index is 11.8. The molecular formula is C20H33N5O2. The van der Waals surface area contributed by atoms with E-state index in [1.807, 2.05) is 20.8 Å². The van der Waals surface area contributed by atoms with E-state index in [1.54, 1.807) is 0 Å². The molecule has 2 heterocycles. The van der Waals surface area contributed by atoms with Crippen molar-refractivity contribution in [1.29, 1.82) is 0 Å². The zero-order valence-electron chi connectivity index (χ0n) is 17.2. The van der Waals surface area contributed by atoms with Crippen molar-refractivity contribution >= 4 is 17.9 Å². The number of anilines is 2. The minimum Gasteiger partial charge on any atom is -0.444 e. The summed E-state index contributed by atoms with van der Waals surface area (Å²) < 4.78 is 5.29. The fourth-order valence-electron chi connectivity index (χ4n) is 3.89. The number of nitrogen functional groups attached to an aromatic ring is 1. The van der Waals surface area contributed by atoms with Gasteiger partial charge in [0.25, 0.3) is 0 Å². The molecule has 0 bridgehead atoms. The lowest BCUT2D eigenvalue weighted by Gasteiger charge is -2.42. The molecule has 1 saturated heterocycles. The largest absolute Gasteiger partial charge is 0.444 e. The van der Waals surface area contributed by atoms with Crippen LogP contribution < -0.4 is 16.0 Å². The average Bonchev–Trinajstić information content (AvgIpc) is 2.50. The summed E-state index contributed by atoms with van der Waals surface area (Å²) in [4.78, 5) is 23.1. The first-order valence-corrected chi connectivity index (χ1v) is 9.99. The minimum atomic E-state index is -0.471. The van der Waals surface area contributed by atoms with Gasteiger partial charge in [-0.2, -0.15) is 4.98 Å². The number of hydrogen-bond donors (Lipinski definition) is 2. The van der Waals surface area contributed by atoms with E-state index in [2.05, 4.69) is 34.0 Å². The molecule has 0 spiro atoms. The molecule has 1 atom stereocenters. The Labute approximate surface area is 162 Å². The molecule has 27 heavy (non-hydrogen) atoms. The Morgan fingerprint density at radius 3 is 2.67 bits per heavy atom. The summed E-state index contributed by atoms with van der Waals surface area (Å²) in [6.07, 6.45) is 2.84. The predicted molar refractivity (Wildman–Crippen MR) is 107 cm³/mol. The second-order valence-electron chi connectivity index (χ2n) is 9.23. The summed E-state index contributed by atoms with van der Waals surface area (Å²) >= 11 is 0. The number of fused-ring (bicyclic) bond motifs is 1. The van der Waals surface area contributed by atoms with Crippen LogP contribution >= 0.6 is 0 Å². The topological polar surface area (TPSA) is 93.4 Å². The van der Waals surface area contributed by atoms with Gasteiger partial charge in [0.15, 0.2) is 0 Å². The van der Waals surface area contributed by atoms with E-state index in [4.69, 9.17) is 10.5 Å². The van der Waals surface area contributed by atoms with E-state index in [-0.39, 0.29) is 6.09 Å². The van der Waals surface area contributed by atoms with Crippen LogP contribution in [0, 0.1) is 17.8 Å². The maximum absolute atomic E-state index is 11.8. The van der Waals surface area contributed by atoms with Gasteiger partial charge in [-0.25, -0.2) is 9.78 Å². The Balaban J connectivity index is 1.58. The van der Waals surface area contributed by atoms with Crippen LogP contribution in [0.4, 0.5) is 16.6 Å². The van der Waals surface area contributed by atoms with Crippen molar-refractivity contribution in [2.45, 2.75) is 59.5 Å². The van der Waals surface area contributed by atoms with Gasteiger partial charge in [-0.15, -0.1) is 0 Å². The highest BCUT2D eigenvalue weighted by Crippen LogP contribution is 2.36. The van der Waals surface area contributed by atoms with Crippen molar-refractivity contribution in [2.24, 2.45) is 17.8 Å². The van der Waals surface area contributed by atoms with Crippen LogP contribution in [0.5, 0.6) is 0 Å². The van der Waals surface area contributed by atoms with Crippen LogP contribution in [0.2, 0.25) is 0 Å². The molecule has 7 nitrogen and oxygen atoms in total. The molecule has 3 rings (SSSR count). The molecule has 1 amide bonds. The summed E-state index contributed by atoms with van der Waals surface area (Å²) in [6.45, 7) is 12.5. The zero-order valence-corrected chi connectivity index (χ0v) is 17.2. The monoisotopic (exact) mass is 375 g/mol. The third-order valence-electron chi connectivity index (χ3n) is 5.44. The first kappa shape index (κ1) is 19.7. The predicted octanol–water partition coefficient (Wildman–Crippen LogP) is 2.78. The van der Waals surface area contributed by atoms with Gasteiger partial charge in [-0.3, -0.25) is 0 Å². The van der Waals surface area contributed by atoms with Crippen LogP contribution in [0.1, 0.15) is 52.3 Å². The maximum Gasteiger partial charge on any atom is 0.407 e. The van der Waals surface area contributed by atoms with E-state index in [0.29, 0.717) is 30.2 Å². The normalized spacial score (nSPS) is 20.2. The second kappa shape index (κ2) is 7.52. The lowest BCUT2D eigenvalue weighted by atomic mass is 9.80. The average molecular weight is 376 g/mol. The van der Waals surface area contributed by atoms with Gasteiger partial charge in [-0.05, 0) is 51.9 Å². The number of nitrogens with zero attached hydrogens (tertiary/aromatic N) is 3. The van der Waals surface area contributed by atoms with Crippen molar-refractivity contribution < 1.29 is 9.53 Å². The SMILES string of the molecule is CC(C)C1CCc2c(nc(N)nc2N2CC(CNC(=O)OC(C)(C)C)C2)C1. The molecule has 1 aliphatic carbocycles. The molecule has 7 heteroatoms. The van der Waals surface area contributed by atoms with Crippen molar-refractivity contribution in [3.8, 4) is 0 Å². The highest BCUT2D eigenvalue weighted by atomic mass is 16.6. The van der Waals surface area contributed by atoms with E-state index >= 15 is 0 Å². The van der Waals surface area contributed by atoms with Gasteiger partial charge >= 0.3 is 6.09 Å². The molecule has 1 aliphatic heterocycles. The summed E-state index contributed by atoms with van der Waals surface area (Å²) in [7, 11) is 0. The van der Waals surface area contributed by atoms with Gasteiger partial charge < -0.3 is 20.7 Å². The van der Waals surface area contributed by atoms with Crippen molar-refractivity contribution in [3.05, 3.63) is 11.3 Å². The van der Waals surface area contributed by atoms with Crippen molar-refractivity contribution in [2.75, 3.05) is 30.3 Å². The van der Waals surface area contributed by atoms with Crippen molar-refractivity contribution in [3.63, 3.8) is 0 Å². The molecule has 1 aromatic rings. The lowest BCUT2D eigenvalue weighted by Crippen LogP contribution is -2.52. The van der Waals surface area contributed by atoms with Gasteiger partial charge in [0.1, 0.15) is 11.4 Å². The first-order chi connectivity index (χ1) is 12.6. The number of aromatic nitrogens is 2. The highest BCUT2D eigenvalue weighted by molar-refractivity contribution is 5.67. The van der Waals surface area contributed by atoms with Crippen LogP contribution in [-0.4, -0.2) is 41.3 Å². The number of hydrogen-bond acceptors (Lipinski definition) is 6. The summed E-state index contributed by atoms with van der Waals surface area (Å²) in [5.74, 6) is 3.08. The molecule has 3 N–H and O–H groups in total. The van der Waals surface area contributed by atoms with Crippen molar-refractivity contribution in [1.82, 2.24) is 15.3 Å². The fraction of sp³-hybridized carbons (Fsp3) is 0.750. The number of nitrogens with one attached hydrogen (secondary N) is 1. The molecule has 0 saturated carbocycles. The Bertz CT molecular complexity index is 692. The number of ether oxygens (including phenoxy) is 1. The summed E-state index contributed by atoms with van der Waals surface area (Å²) in [5, 5.41) is 2.86. The molecule has 1 unspecified atom stereocenters. The van der Waals surface area contributed by atoms with Gasteiger partial charge in [0, 0.05) is 31.1 Å². The van der Waals surface area contributed by atoms with E-state index < -0.39 is 5.60 Å². The van der Waals surface area contributed by atoms with Gasteiger partial charge in [0.05, 0.1) is 5.69 Å². The van der Waals surface area contributed by atoms with Gasteiger partial charge in [-0.1, -0.05) is 13.8 Å². The zero-order chi connectivity index (χ0) is 19.8. The molecule has 1 fully saturated rings. The lowest BCUT2D eigenvalue weighted by molar-refractivity contribution is 0.0516. The molecule has 1 aromatic heterocycles. The number of amides is 1. The van der Waals surface area contributed by atoms with Crippen LogP contribution in [0.15, 0.2) is 0 Å². The molecule has 0 aromatic carbocycles. The van der Waals surface area contributed by atoms with Crippen LogP contribution in [0.25, 0.3) is 0 Å². The number of nitrogens with two attached hydrogens (primary N) is 1. The molecular weight excluding hydrogens is 342 g/mol. The number of carbonyl (C=O) groups excluding carboxylic acids is 1. The van der Waals surface area contributed by atoms with E-state index in [1.165, 1.54) is 12.0 Å². The fourth-order valence-corrected chi connectivity index (χ4v) is 3.89. The van der Waals surface area contributed by atoms with E-state index in [9.17, 15) is 4.79 Å². The highest BCUT2D eigenvalue weighted by Gasteiger charge is 2.33. The summed E-state index contributed by atoms with van der Waals surface area (Å²) in [6, 6.07) is 0.